The van der Waals surface area contributed by atoms with Gasteiger partial charge >= 0.3 is 7.60 Å². The lowest BCUT2D eigenvalue weighted by Gasteiger charge is -2.28. The van der Waals surface area contributed by atoms with Gasteiger partial charge in [-0.3, -0.25) is 4.52 Å². The molecule has 3 rings (SSSR count). The number of fused-ring (bicyclic) bond motifs is 1. The molecule has 3 nitrogen and oxygen atoms in total. The zero-order valence-electron chi connectivity index (χ0n) is 15.9. The van der Waals surface area contributed by atoms with Crippen molar-refractivity contribution in [1.29, 1.82) is 0 Å². The third kappa shape index (κ3) is 2.84. The van der Waals surface area contributed by atoms with Crippen LogP contribution in [0.4, 0.5) is 0 Å². The first-order chi connectivity index (χ1) is 11.6. The zero-order valence-corrected chi connectivity index (χ0v) is 16.8. The van der Waals surface area contributed by atoms with Crippen molar-refractivity contribution in [2.45, 2.75) is 52.1 Å². The second-order valence-corrected chi connectivity index (χ2v) is 10.6. The summed E-state index contributed by atoms with van der Waals surface area (Å²) in [4.78, 5) is 0. The smallest absolute Gasteiger partial charge is 0.389 e. The van der Waals surface area contributed by atoms with Crippen LogP contribution in [0, 0.1) is 0 Å². The monoisotopic (exact) mass is 358 g/mol. The molecule has 0 saturated carbocycles. The molecule has 0 N–H and O–H groups in total. The van der Waals surface area contributed by atoms with E-state index in [0.29, 0.717) is 12.4 Å². The van der Waals surface area contributed by atoms with Gasteiger partial charge in [0.15, 0.2) is 0 Å². The minimum Gasteiger partial charge on any atom is -0.423 e. The van der Waals surface area contributed by atoms with Gasteiger partial charge in [0.1, 0.15) is 10.9 Å². The van der Waals surface area contributed by atoms with Crippen molar-refractivity contribution < 1.29 is 13.6 Å². The van der Waals surface area contributed by atoms with Gasteiger partial charge in [-0.15, -0.1) is 0 Å². The number of benzene rings is 2. The average molecular weight is 358 g/mol. The van der Waals surface area contributed by atoms with Crippen molar-refractivity contribution in [3.05, 3.63) is 53.6 Å². The summed E-state index contributed by atoms with van der Waals surface area (Å²) in [6, 6.07) is 14.4. The molecule has 0 spiro atoms. The van der Waals surface area contributed by atoms with Crippen LogP contribution >= 0.6 is 7.60 Å². The molecule has 1 heterocycles. The Hall–Kier alpha value is -1.57. The highest BCUT2D eigenvalue weighted by Gasteiger charge is 2.54. The lowest BCUT2D eigenvalue weighted by molar-refractivity contribution is 0.270. The van der Waals surface area contributed by atoms with Gasteiger partial charge in [0.05, 0.1) is 6.61 Å². The highest BCUT2D eigenvalue weighted by molar-refractivity contribution is 7.56. The average Bonchev–Trinajstić information content (AvgIpc) is 2.73. The summed E-state index contributed by atoms with van der Waals surface area (Å²) in [5.41, 5.74) is 4.48. The molecule has 0 fully saturated rings. The second-order valence-electron chi connectivity index (χ2n) is 8.04. The van der Waals surface area contributed by atoms with Gasteiger partial charge in [0, 0.05) is 5.56 Å². The molecule has 1 atom stereocenters. The van der Waals surface area contributed by atoms with Crippen LogP contribution in [-0.2, 0) is 19.7 Å². The Labute approximate surface area is 150 Å². The molecule has 0 bridgehead atoms. The summed E-state index contributed by atoms with van der Waals surface area (Å²) in [5, 5.41) is -0.695. The van der Waals surface area contributed by atoms with Gasteiger partial charge in [-0.2, -0.15) is 0 Å². The van der Waals surface area contributed by atoms with E-state index in [9.17, 15) is 4.57 Å². The third-order valence-electron chi connectivity index (χ3n) is 4.87. The third-order valence-corrected chi connectivity index (χ3v) is 7.49. The Bertz CT molecular complexity index is 846. The van der Waals surface area contributed by atoms with Gasteiger partial charge in [-0.25, -0.2) is 4.57 Å². The van der Waals surface area contributed by atoms with Crippen molar-refractivity contribution in [2.75, 3.05) is 6.61 Å². The van der Waals surface area contributed by atoms with Crippen LogP contribution in [0.3, 0.4) is 0 Å². The lowest BCUT2D eigenvalue weighted by Crippen LogP contribution is -2.18. The highest BCUT2D eigenvalue weighted by Crippen LogP contribution is 2.72. The molecule has 0 aliphatic carbocycles. The molecular formula is C21H27O3P. The number of hydrogen-bond acceptors (Lipinski definition) is 3. The predicted octanol–water partition coefficient (Wildman–Crippen LogP) is 6.51. The molecule has 2 aromatic carbocycles. The molecule has 0 amide bonds. The molecule has 1 aliphatic heterocycles. The number of hydrogen-bond donors (Lipinski definition) is 0. The van der Waals surface area contributed by atoms with Crippen LogP contribution in [0.1, 0.15) is 52.7 Å². The summed E-state index contributed by atoms with van der Waals surface area (Å²) in [6.45, 7) is 12.8. The molecule has 25 heavy (non-hydrogen) atoms. The first-order valence-electron chi connectivity index (χ1n) is 8.79. The quantitative estimate of drug-likeness (QED) is 0.587. The molecular weight excluding hydrogens is 331 g/mol. The zero-order chi connectivity index (χ0) is 18.5. The van der Waals surface area contributed by atoms with Gasteiger partial charge in [0.25, 0.3) is 0 Å². The first kappa shape index (κ1) is 18.2. The van der Waals surface area contributed by atoms with E-state index in [1.807, 2.05) is 32.9 Å². The molecule has 2 aromatic rings. The van der Waals surface area contributed by atoms with Crippen LogP contribution in [0.5, 0.6) is 5.75 Å². The molecule has 0 saturated heterocycles. The molecule has 1 aliphatic rings. The number of rotatable bonds is 3. The minimum absolute atomic E-state index is 0.00649. The predicted molar refractivity (Wildman–Crippen MR) is 103 cm³/mol. The Morgan fingerprint density at radius 3 is 2.32 bits per heavy atom. The largest absolute Gasteiger partial charge is 0.423 e. The second kappa shape index (κ2) is 6.00. The van der Waals surface area contributed by atoms with Crippen molar-refractivity contribution in [3.63, 3.8) is 0 Å². The SMILES string of the molecule is CCOP1(=O)Oc2cccc(-c3ccccc3C(C)(C)C)c2C1(C)C. The van der Waals surface area contributed by atoms with E-state index < -0.39 is 12.8 Å². The van der Waals surface area contributed by atoms with Crippen molar-refractivity contribution in [2.24, 2.45) is 0 Å². The first-order valence-corrected chi connectivity index (χ1v) is 10.3. The van der Waals surface area contributed by atoms with E-state index in [4.69, 9.17) is 9.05 Å². The van der Waals surface area contributed by atoms with Crippen LogP contribution in [0.25, 0.3) is 11.1 Å². The van der Waals surface area contributed by atoms with E-state index in [1.54, 1.807) is 0 Å². The van der Waals surface area contributed by atoms with E-state index in [1.165, 1.54) is 5.56 Å². The highest BCUT2D eigenvalue weighted by atomic mass is 31.2. The van der Waals surface area contributed by atoms with E-state index >= 15 is 0 Å². The normalized spacial score (nSPS) is 21.7. The topological polar surface area (TPSA) is 35.5 Å². The Morgan fingerprint density at radius 1 is 1.04 bits per heavy atom. The van der Waals surface area contributed by atoms with Crippen LogP contribution in [-0.4, -0.2) is 6.61 Å². The summed E-state index contributed by atoms with van der Waals surface area (Å²) < 4.78 is 24.8. The Morgan fingerprint density at radius 2 is 1.68 bits per heavy atom. The van der Waals surface area contributed by atoms with E-state index in [2.05, 4.69) is 51.1 Å². The van der Waals surface area contributed by atoms with Gasteiger partial charge in [-0.05, 0) is 48.9 Å². The maximum atomic E-state index is 13.3. The minimum atomic E-state index is -3.26. The molecule has 4 heteroatoms. The Balaban J connectivity index is 2.26. The summed E-state index contributed by atoms with van der Waals surface area (Å²) in [5.74, 6) is 0.669. The molecule has 0 aromatic heterocycles. The fourth-order valence-electron chi connectivity index (χ4n) is 3.57. The maximum Gasteiger partial charge on any atom is 0.389 e. The fourth-order valence-corrected chi connectivity index (χ4v) is 5.43. The lowest BCUT2D eigenvalue weighted by atomic mass is 9.80. The summed E-state index contributed by atoms with van der Waals surface area (Å²) in [7, 11) is -3.26. The van der Waals surface area contributed by atoms with Crippen molar-refractivity contribution in [3.8, 4) is 16.9 Å². The molecule has 0 radical (unpaired) electrons. The summed E-state index contributed by atoms with van der Waals surface area (Å²) >= 11 is 0. The van der Waals surface area contributed by atoms with Crippen LogP contribution in [0.2, 0.25) is 0 Å². The van der Waals surface area contributed by atoms with Crippen LogP contribution < -0.4 is 4.52 Å². The maximum absolute atomic E-state index is 13.3. The summed E-state index contributed by atoms with van der Waals surface area (Å²) in [6.07, 6.45) is 0. The van der Waals surface area contributed by atoms with E-state index in [0.717, 1.165) is 16.7 Å². The van der Waals surface area contributed by atoms with Gasteiger partial charge in [-0.1, -0.05) is 57.2 Å². The van der Waals surface area contributed by atoms with Gasteiger partial charge in [0.2, 0.25) is 0 Å². The fraction of sp³-hybridized carbons (Fsp3) is 0.429. The molecule has 134 valence electrons. The van der Waals surface area contributed by atoms with Crippen molar-refractivity contribution >= 4 is 7.60 Å². The van der Waals surface area contributed by atoms with E-state index in [-0.39, 0.29) is 5.41 Å². The molecule has 1 unspecified atom stereocenters. The van der Waals surface area contributed by atoms with Crippen LogP contribution in [0.15, 0.2) is 42.5 Å². The Kier molecular flexibility index (Phi) is 4.38. The van der Waals surface area contributed by atoms with Crippen molar-refractivity contribution in [1.82, 2.24) is 0 Å². The van der Waals surface area contributed by atoms with Gasteiger partial charge < -0.3 is 4.52 Å². The standard InChI is InChI=1S/C21H27O3P/c1-7-23-25(22)21(5,6)19-16(12-10-14-18(19)24-25)15-11-8-9-13-17(15)20(2,3)4/h8-14H,7H2,1-6H3.